The highest BCUT2D eigenvalue weighted by atomic mass is 32.2. The summed E-state index contributed by atoms with van der Waals surface area (Å²) in [5.74, 6) is -0.585. The highest BCUT2D eigenvalue weighted by Crippen LogP contribution is 2.19. The minimum atomic E-state index is -3.62. The van der Waals surface area contributed by atoms with Crippen LogP contribution in [0.25, 0.3) is 0 Å². The Morgan fingerprint density at radius 1 is 1.35 bits per heavy atom. The van der Waals surface area contributed by atoms with Gasteiger partial charge in [-0.05, 0) is 40.5 Å². The van der Waals surface area contributed by atoms with Gasteiger partial charge in [-0.3, -0.25) is 4.79 Å². The van der Waals surface area contributed by atoms with Gasteiger partial charge in [0.1, 0.15) is 11.6 Å². The number of ether oxygens (including phenoxy) is 1. The van der Waals surface area contributed by atoms with E-state index in [4.69, 9.17) is 4.74 Å². The van der Waals surface area contributed by atoms with Crippen LogP contribution in [0.1, 0.15) is 40.5 Å². The van der Waals surface area contributed by atoms with E-state index in [0.29, 0.717) is 0 Å². The molecule has 0 aliphatic heterocycles. The first-order valence-corrected chi connectivity index (χ1v) is 7.10. The largest absolute Gasteiger partial charge is 0.459 e. The van der Waals surface area contributed by atoms with Gasteiger partial charge in [0.2, 0.25) is 0 Å². The molecule has 1 aliphatic carbocycles. The van der Waals surface area contributed by atoms with E-state index in [1.54, 1.807) is 20.8 Å². The van der Waals surface area contributed by atoms with Crippen molar-refractivity contribution in [1.29, 1.82) is 0 Å². The van der Waals surface area contributed by atoms with Crippen molar-refractivity contribution in [1.82, 2.24) is 9.44 Å². The topological polar surface area (TPSA) is 84.5 Å². The smallest absolute Gasteiger partial charge is 0.324 e. The van der Waals surface area contributed by atoms with Crippen molar-refractivity contribution in [2.75, 3.05) is 0 Å². The molecule has 1 saturated carbocycles. The Kier molecular flexibility index (Phi) is 4.16. The molecule has 0 aromatic rings. The van der Waals surface area contributed by atoms with Gasteiger partial charge in [-0.25, -0.2) is 0 Å². The first-order valence-electron chi connectivity index (χ1n) is 5.61. The van der Waals surface area contributed by atoms with Crippen molar-refractivity contribution in [2.24, 2.45) is 0 Å². The predicted molar refractivity (Wildman–Crippen MR) is 63.5 cm³/mol. The molecule has 6 nitrogen and oxygen atoms in total. The number of rotatable bonds is 5. The van der Waals surface area contributed by atoms with Crippen LogP contribution >= 0.6 is 0 Å². The summed E-state index contributed by atoms with van der Waals surface area (Å²) >= 11 is 0. The van der Waals surface area contributed by atoms with Crippen LogP contribution in [-0.2, 0) is 19.7 Å². The Morgan fingerprint density at radius 2 is 1.88 bits per heavy atom. The van der Waals surface area contributed by atoms with Gasteiger partial charge < -0.3 is 4.74 Å². The minimum Gasteiger partial charge on any atom is -0.459 e. The standard InChI is InChI=1S/C10H20N2O4S/c1-7(9(13)16-10(2,3)4)11-17(14,15)12-8-5-6-8/h7-8,11-12H,5-6H2,1-4H3/t7-/m0/s1. The lowest BCUT2D eigenvalue weighted by Crippen LogP contribution is -2.47. The number of hydrogen-bond acceptors (Lipinski definition) is 4. The molecular formula is C10H20N2O4S. The van der Waals surface area contributed by atoms with Crippen LogP contribution in [0, 0.1) is 0 Å². The summed E-state index contributed by atoms with van der Waals surface area (Å²) < 4.78 is 32.8. The highest BCUT2D eigenvalue weighted by Gasteiger charge is 2.30. The van der Waals surface area contributed by atoms with Gasteiger partial charge >= 0.3 is 5.97 Å². The zero-order valence-corrected chi connectivity index (χ0v) is 11.4. The molecule has 1 rings (SSSR count). The van der Waals surface area contributed by atoms with Crippen molar-refractivity contribution < 1.29 is 17.9 Å². The van der Waals surface area contributed by atoms with Gasteiger partial charge in [0, 0.05) is 6.04 Å². The fourth-order valence-corrected chi connectivity index (χ4v) is 2.43. The molecule has 0 aromatic heterocycles. The van der Waals surface area contributed by atoms with Gasteiger partial charge in [-0.15, -0.1) is 0 Å². The van der Waals surface area contributed by atoms with Crippen LogP contribution in [0.5, 0.6) is 0 Å². The Balaban J connectivity index is 2.47. The molecule has 0 radical (unpaired) electrons. The second kappa shape index (κ2) is 4.91. The third-order valence-corrected chi connectivity index (χ3v) is 3.30. The predicted octanol–water partition coefficient (Wildman–Crippen LogP) is 0.303. The molecule has 0 bridgehead atoms. The molecule has 0 amide bonds. The quantitative estimate of drug-likeness (QED) is 0.700. The van der Waals surface area contributed by atoms with Crippen LogP contribution in [0.15, 0.2) is 0 Å². The van der Waals surface area contributed by atoms with Gasteiger partial charge in [-0.1, -0.05) is 0 Å². The zero-order chi connectivity index (χ0) is 13.3. The maximum atomic E-state index is 11.6. The first-order chi connectivity index (χ1) is 7.59. The number of hydrogen-bond donors (Lipinski definition) is 2. The fourth-order valence-electron chi connectivity index (χ4n) is 1.13. The van der Waals surface area contributed by atoms with E-state index in [2.05, 4.69) is 9.44 Å². The van der Waals surface area contributed by atoms with Crippen LogP contribution < -0.4 is 9.44 Å². The molecule has 0 saturated heterocycles. The second-order valence-electron chi connectivity index (χ2n) is 5.27. The van der Waals surface area contributed by atoms with Crippen molar-refractivity contribution in [3.05, 3.63) is 0 Å². The maximum absolute atomic E-state index is 11.6. The van der Waals surface area contributed by atoms with E-state index >= 15 is 0 Å². The molecule has 1 atom stereocenters. The van der Waals surface area contributed by atoms with Crippen molar-refractivity contribution in [3.8, 4) is 0 Å². The lowest BCUT2D eigenvalue weighted by molar-refractivity contribution is -0.156. The molecule has 7 heteroatoms. The highest BCUT2D eigenvalue weighted by molar-refractivity contribution is 7.87. The molecular weight excluding hydrogens is 244 g/mol. The Morgan fingerprint density at radius 3 is 2.29 bits per heavy atom. The number of esters is 1. The molecule has 1 fully saturated rings. The third-order valence-electron chi connectivity index (χ3n) is 1.99. The average molecular weight is 264 g/mol. The van der Waals surface area contributed by atoms with Crippen molar-refractivity contribution in [2.45, 2.75) is 58.2 Å². The van der Waals surface area contributed by atoms with E-state index in [-0.39, 0.29) is 6.04 Å². The van der Waals surface area contributed by atoms with Crippen LogP contribution in [0.3, 0.4) is 0 Å². The number of nitrogens with one attached hydrogen (secondary N) is 2. The number of carbonyl (C=O) groups excluding carboxylic acids is 1. The molecule has 17 heavy (non-hydrogen) atoms. The summed E-state index contributed by atoms with van der Waals surface area (Å²) in [5, 5.41) is 0. The summed E-state index contributed by atoms with van der Waals surface area (Å²) in [6, 6.07) is -0.885. The van der Waals surface area contributed by atoms with Gasteiger partial charge in [0.05, 0.1) is 0 Å². The lowest BCUT2D eigenvalue weighted by atomic mass is 10.2. The Hall–Kier alpha value is -0.660. The third kappa shape index (κ3) is 5.99. The normalized spacial score (nSPS) is 18.8. The average Bonchev–Trinajstić information content (AvgIpc) is 2.82. The van der Waals surface area contributed by atoms with E-state index in [0.717, 1.165) is 12.8 Å². The summed E-state index contributed by atoms with van der Waals surface area (Å²) in [6.45, 7) is 6.65. The summed E-state index contributed by atoms with van der Waals surface area (Å²) in [4.78, 5) is 11.6. The lowest BCUT2D eigenvalue weighted by Gasteiger charge is -2.22. The second-order valence-corrected chi connectivity index (χ2v) is 6.75. The van der Waals surface area contributed by atoms with Gasteiger partial charge in [-0.2, -0.15) is 17.9 Å². The number of carbonyl (C=O) groups is 1. The monoisotopic (exact) mass is 264 g/mol. The van der Waals surface area contributed by atoms with Crippen LogP contribution in [0.4, 0.5) is 0 Å². The molecule has 0 unspecified atom stereocenters. The van der Waals surface area contributed by atoms with Crippen molar-refractivity contribution in [3.63, 3.8) is 0 Å². The van der Waals surface area contributed by atoms with E-state index in [1.807, 2.05) is 0 Å². The molecule has 0 spiro atoms. The summed E-state index contributed by atoms with van der Waals surface area (Å²) in [5.41, 5.74) is -0.624. The van der Waals surface area contributed by atoms with Crippen LogP contribution in [-0.4, -0.2) is 32.1 Å². The Bertz CT molecular complexity index is 382. The van der Waals surface area contributed by atoms with E-state index in [9.17, 15) is 13.2 Å². The summed E-state index contributed by atoms with van der Waals surface area (Å²) in [7, 11) is -3.62. The van der Waals surface area contributed by atoms with E-state index in [1.165, 1.54) is 6.92 Å². The van der Waals surface area contributed by atoms with Crippen LogP contribution in [0.2, 0.25) is 0 Å². The van der Waals surface area contributed by atoms with E-state index < -0.39 is 27.8 Å². The minimum absolute atomic E-state index is 0.0123. The molecule has 100 valence electrons. The first kappa shape index (κ1) is 14.4. The molecule has 0 heterocycles. The summed E-state index contributed by atoms with van der Waals surface area (Å²) in [6.07, 6.45) is 1.70. The molecule has 1 aliphatic rings. The maximum Gasteiger partial charge on any atom is 0.324 e. The van der Waals surface area contributed by atoms with Gasteiger partial charge in [0.25, 0.3) is 10.2 Å². The SMILES string of the molecule is C[C@H](NS(=O)(=O)NC1CC1)C(=O)OC(C)(C)C. The molecule has 0 aromatic carbocycles. The fraction of sp³-hybridized carbons (Fsp3) is 0.900. The van der Waals surface area contributed by atoms with Crippen molar-refractivity contribution >= 4 is 16.2 Å². The Labute approximate surface area is 102 Å². The zero-order valence-electron chi connectivity index (χ0n) is 10.6. The van der Waals surface area contributed by atoms with Gasteiger partial charge in [0.15, 0.2) is 0 Å². The molecule has 2 N–H and O–H groups in total.